The molecule has 3 rings (SSSR count). The van der Waals surface area contributed by atoms with Crippen LogP contribution in [0.25, 0.3) is 0 Å². The van der Waals surface area contributed by atoms with Crippen molar-refractivity contribution >= 4 is 29.3 Å². The Morgan fingerprint density at radius 3 is 2.70 bits per heavy atom. The predicted molar refractivity (Wildman–Crippen MR) is 80.7 cm³/mol. The molecule has 0 bridgehead atoms. The van der Waals surface area contributed by atoms with Gasteiger partial charge in [0.05, 0.1) is 17.5 Å². The summed E-state index contributed by atoms with van der Waals surface area (Å²) in [4.78, 5) is 27.5. The number of imide groups is 1. The van der Waals surface area contributed by atoms with Gasteiger partial charge in [-0.2, -0.15) is 0 Å². The number of hydrogen-bond acceptors (Lipinski definition) is 3. The lowest BCUT2D eigenvalue weighted by molar-refractivity contribution is -0.122. The average Bonchev–Trinajstić information content (AvgIpc) is 2.70. The molecule has 2 aliphatic rings. The van der Waals surface area contributed by atoms with Gasteiger partial charge in [0, 0.05) is 4.90 Å². The minimum absolute atomic E-state index is 0.0364. The van der Waals surface area contributed by atoms with E-state index >= 15 is 0 Å². The molecular formula is C16H17NO2S. The summed E-state index contributed by atoms with van der Waals surface area (Å²) in [5.41, 5.74) is 1.92. The fourth-order valence-corrected chi connectivity index (χ4v) is 3.49. The van der Waals surface area contributed by atoms with Crippen LogP contribution >= 0.6 is 11.8 Å². The van der Waals surface area contributed by atoms with Crippen LogP contribution < -0.4 is 4.90 Å². The number of carbonyl (C=O) groups is 2. The maximum absolute atomic E-state index is 12.6. The first kappa shape index (κ1) is 13.4. The number of nitrogens with zero attached hydrogens (tertiary/aromatic N) is 1. The van der Waals surface area contributed by atoms with Crippen molar-refractivity contribution in [2.45, 2.75) is 24.7 Å². The fourth-order valence-electron chi connectivity index (χ4n) is 3.04. The van der Waals surface area contributed by atoms with Gasteiger partial charge in [0.15, 0.2) is 0 Å². The normalized spacial score (nSPS) is 25.7. The third kappa shape index (κ3) is 2.08. The van der Waals surface area contributed by atoms with E-state index in [4.69, 9.17) is 0 Å². The van der Waals surface area contributed by atoms with Crippen LogP contribution in [0.4, 0.5) is 5.69 Å². The molecule has 4 heteroatoms. The topological polar surface area (TPSA) is 37.4 Å². The summed E-state index contributed by atoms with van der Waals surface area (Å²) >= 11 is 1.61. The minimum Gasteiger partial charge on any atom is -0.274 e. The predicted octanol–water partition coefficient (Wildman–Crippen LogP) is 3.25. The van der Waals surface area contributed by atoms with Crippen LogP contribution in [-0.2, 0) is 9.59 Å². The van der Waals surface area contributed by atoms with Crippen molar-refractivity contribution in [2.24, 2.45) is 11.8 Å². The molecule has 0 saturated carbocycles. The Kier molecular flexibility index (Phi) is 3.42. The highest BCUT2D eigenvalue weighted by Crippen LogP contribution is 2.40. The van der Waals surface area contributed by atoms with E-state index in [1.54, 1.807) is 11.8 Å². The zero-order valence-corrected chi connectivity index (χ0v) is 12.4. The highest BCUT2D eigenvalue weighted by atomic mass is 32.2. The molecule has 0 radical (unpaired) electrons. The molecule has 0 unspecified atom stereocenters. The molecule has 1 aromatic carbocycles. The molecule has 1 heterocycles. The molecule has 0 spiro atoms. The maximum atomic E-state index is 12.6. The Hall–Kier alpha value is -1.55. The number of amides is 2. The molecule has 1 fully saturated rings. The third-order valence-electron chi connectivity index (χ3n) is 4.13. The van der Waals surface area contributed by atoms with E-state index in [1.807, 2.05) is 37.4 Å². The van der Waals surface area contributed by atoms with E-state index in [2.05, 4.69) is 6.08 Å². The van der Waals surface area contributed by atoms with Gasteiger partial charge >= 0.3 is 0 Å². The smallest absolute Gasteiger partial charge is 0.238 e. The molecule has 20 heavy (non-hydrogen) atoms. The number of benzene rings is 1. The zero-order chi connectivity index (χ0) is 14.3. The Morgan fingerprint density at radius 1 is 1.20 bits per heavy atom. The van der Waals surface area contributed by atoms with Gasteiger partial charge in [-0.25, -0.2) is 4.90 Å². The van der Waals surface area contributed by atoms with Gasteiger partial charge in [0.1, 0.15) is 0 Å². The Bertz CT molecular complexity index is 608. The Balaban J connectivity index is 1.95. The number of hydrogen-bond donors (Lipinski definition) is 0. The lowest BCUT2D eigenvalue weighted by Crippen LogP contribution is -2.30. The van der Waals surface area contributed by atoms with Crippen molar-refractivity contribution in [3.05, 3.63) is 35.9 Å². The van der Waals surface area contributed by atoms with Gasteiger partial charge in [-0.1, -0.05) is 17.7 Å². The highest BCUT2D eigenvalue weighted by molar-refractivity contribution is 7.98. The van der Waals surface area contributed by atoms with E-state index in [-0.39, 0.29) is 23.7 Å². The van der Waals surface area contributed by atoms with E-state index < -0.39 is 0 Å². The lowest BCUT2D eigenvalue weighted by Gasteiger charge is -2.18. The summed E-state index contributed by atoms with van der Waals surface area (Å²) in [5.74, 6) is -0.401. The number of rotatable bonds is 2. The van der Waals surface area contributed by atoms with Gasteiger partial charge in [-0.15, -0.1) is 11.8 Å². The van der Waals surface area contributed by atoms with Crippen molar-refractivity contribution < 1.29 is 9.59 Å². The second kappa shape index (κ2) is 5.09. The summed E-state index contributed by atoms with van der Waals surface area (Å²) in [5, 5.41) is 0. The van der Waals surface area contributed by atoms with E-state index in [0.29, 0.717) is 18.5 Å². The monoisotopic (exact) mass is 287 g/mol. The van der Waals surface area contributed by atoms with E-state index in [0.717, 1.165) is 4.90 Å². The van der Waals surface area contributed by atoms with Crippen molar-refractivity contribution in [3.8, 4) is 0 Å². The van der Waals surface area contributed by atoms with Crippen LogP contribution in [0.2, 0.25) is 0 Å². The molecule has 1 saturated heterocycles. The largest absolute Gasteiger partial charge is 0.274 e. The SMILES string of the molecule is CSc1cccc(N2C(=O)[C@H]3CC=C(C)C[C@H]3C2=O)c1. The molecule has 0 N–H and O–H groups in total. The van der Waals surface area contributed by atoms with Gasteiger partial charge in [-0.05, 0) is 44.2 Å². The average molecular weight is 287 g/mol. The summed E-state index contributed by atoms with van der Waals surface area (Å²) in [7, 11) is 0. The lowest BCUT2D eigenvalue weighted by atomic mass is 9.82. The zero-order valence-electron chi connectivity index (χ0n) is 11.6. The van der Waals surface area contributed by atoms with Gasteiger partial charge < -0.3 is 0 Å². The first-order chi connectivity index (χ1) is 9.61. The molecule has 2 amide bonds. The van der Waals surface area contributed by atoms with Gasteiger partial charge in [0.25, 0.3) is 0 Å². The number of carbonyl (C=O) groups excluding carboxylic acids is 2. The van der Waals surface area contributed by atoms with Crippen LogP contribution in [0.15, 0.2) is 40.8 Å². The van der Waals surface area contributed by atoms with Crippen LogP contribution in [0.3, 0.4) is 0 Å². The molecule has 2 atom stereocenters. The van der Waals surface area contributed by atoms with Gasteiger partial charge in [-0.3, -0.25) is 9.59 Å². The molecule has 3 nitrogen and oxygen atoms in total. The number of fused-ring (bicyclic) bond motifs is 1. The van der Waals surface area contributed by atoms with Crippen LogP contribution in [0.5, 0.6) is 0 Å². The summed E-state index contributed by atoms with van der Waals surface area (Å²) in [6, 6.07) is 7.64. The van der Waals surface area contributed by atoms with Crippen molar-refractivity contribution in [2.75, 3.05) is 11.2 Å². The molecule has 0 aromatic heterocycles. The second-order valence-electron chi connectivity index (χ2n) is 5.42. The van der Waals surface area contributed by atoms with Crippen LogP contribution in [-0.4, -0.2) is 18.1 Å². The molecule has 1 aliphatic carbocycles. The summed E-state index contributed by atoms with van der Waals surface area (Å²) < 4.78 is 0. The Morgan fingerprint density at radius 2 is 1.95 bits per heavy atom. The highest BCUT2D eigenvalue weighted by Gasteiger charge is 2.48. The van der Waals surface area contributed by atoms with Crippen molar-refractivity contribution in [1.29, 1.82) is 0 Å². The summed E-state index contributed by atoms with van der Waals surface area (Å²) in [6.07, 6.45) is 5.49. The molecule has 1 aliphatic heterocycles. The molecule has 1 aromatic rings. The Labute approximate surface area is 123 Å². The number of thioether (sulfide) groups is 1. The maximum Gasteiger partial charge on any atom is 0.238 e. The van der Waals surface area contributed by atoms with E-state index in [1.165, 1.54) is 10.5 Å². The minimum atomic E-state index is -0.163. The molecular weight excluding hydrogens is 270 g/mol. The number of anilines is 1. The van der Waals surface area contributed by atoms with Gasteiger partial charge in [0.2, 0.25) is 11.8 Å². The van der Waals surface area contributed by atoms with Crippen LogP contribution in [0.1, 0.15) is 19.8 Å². The quantitative estimate of drug-likeness (QED) is 0.476. The standard InChI is InChI=1S/C16H17NO2S/c1-10-6-7-13-14(8-10)16(19)17(15(13)18)11-4-3-5-12(9-11)20-2/h3-6,9,13-14H,7-8H2,1-2H3/t13-,14+/m0/s1. The number of allylic oxidation sites excluding steroid dienone is 2. The second-order valence-corrected chi connectivity index (χ2v) is 6.30. The third-order valence-corrected chi connectivity index (χ3v) is 4.86. The molecule has 104 valence electrons. The fraction of sp³-hybridized carbons (Fsp3) is 0.375. The van der Waals surface area contributed by atoms with Crippen molar-refractivity contribution in [3.63, 3.8) is 0 Å². The van der Waals surface area contributed by atoms with Crippen molar-refractivity contribution in [1.82, 2.24) is 0 Å². The first-order valence-electron chi connectivity index (χ1n) is 6.79. The van der Waals surface area contributed by atoms with Crippen LogP contribution in [0, 0.1) is 11.8 Å². The first-order valence-corrected chi connectivity index (χ1v) is 8.02. The summed E-state index contributed by atoms with van der Waals surface area (Å²) in [6.45, 7) is 2.03. The van der Waals surface area contributed by atoms with E-state index in [9.17, 15) is 9.59 Å².